The van der Waals surface area contributed by atoms with Crippen LogP contribution in [0.1, 0.15) is 290 Å². The first-order chi connectivity index (χ1) is 31.2. The van der Waals surface area contributed by atoms with E-state index in [2.05, 4.69) is 13.8 Å². The van der Waals surface area contributed by atoms with Crippen LogP contribution in [0.15, 0.2) is 0 Å². The number of unbranched alkanes of at least 4 members (excludes halogenated alkanes) is 40. The van der Waals surface area contributed by atoms with Crippen LogP contribution < -0.4 is 5.73 Å². The Labute approximate surface area is 395 Å². The lowest BCUT2D eigenvalue weighted by Crippen LogP contribution is -2.34. The van der Waals surface area contributed by atoms with Gasteiger partial charge >= 0.3 is 19.8 Å². The summed E-state index contributed by atoms with van der Waals surface area (Å²) in [5.74, 6) is -1.76. The van der Waals surface area contributed by atoms with E-state index in [0.717, 1.165) is 38.5 Å². The van der Waals surface area contributed by atoms with Gasteiger partial charge in [0.2, 0.25) is 0 Å². The molecule has 4 N–H and O–H groups in total. The Kier molecular flexibility index (Phi) is 49.1. The molecule has 0 aromatic rings. The van der Waals surface area contributed by atoms with Gasteiger partial charge in [0, 0.05) is 13.0 Å². The number of hydrogen-bond acceptors (Lipinski definition) is 8. The molecule has 0 saturated heterocycles. The van der Waals surface area contributed by atoms with Crippen molar-refractivity contribution in [3.05, 3.63) is 0 Å². The topological polar surface area (TPSA) is 155 Å². The summed E-state index contributed by atoms with van der Waals surface area (Å²) in [6.45, 7) is 3.97. The lowest BCUT2D eigenvalue weighted by molar-refractivity contribution is -0.154. The maximum Gasteiger partial charge on any atom is 0.472 e. The summed E-state index contributed by atoms with van der Waals surface area (Å²) in [4.78, 5) is 33.7. The summed E-state index contributed by atoms with van der Waals surface area (Å²) in [7, 11) is -4.62. The second kappa shape index (κ2) is 49.9. The van der Waals surface area contributed by atoms with Crippen molar-refractivity contribution < 1.29 is 42.7 Å². The van der Waals surface area contributed by atoms with E-state index in [-0.39, 0.29) is 13.0 Å². The molecular formula is C53H106NO9P. The van der Waals surface area contributed by atoms with Crippen molar-refractivity contribution in [2.24, 2.45) is 5.73 Å². The number of ether oxygens (including phenoxy) is 2. The zero-order chi connectivity index (χ0) is 46.9. The lowest BCUT2D eigenvalue weighted by Gasteiger charge is -2.20. The monoisotopic (exact) mass is 932 g/mol. The fraction of sp³-hybridized carbons (Fsp3) is 0.962. The number of carbonyl (C=O) groups excluding carboxylic acids is 1. The van der Waals surface area contributed by atoms with E-state index < -0.39 is 45.1 Å². The predicted molar refractivity (Wildman–Crippen MR) is 268 cm³/mol. The molecule has 0 spiro atoms. The van der Waals surface area contributed by atoms with Crippen molar-refractivity contribution in [2.45, 2.75) is 302 Å². The number of carboxylic acids is 1. The molecule has 0 aromatic heterocycles. The number of phosphoric acid groups is 1. The minimum absolute atomic E-state index is 0.0267. The minimum Gasteiger partial charge on any atom is -0.480 e. The number of phosphoric ester groups is 1. The second-order valence-electron chi connectivity index (χ2n) is 19.1. The zero-order valence-electron chi connectivity index (χ0n) is 42.2. The summed E-state index contributed by atoms with van der Waals surface area (Å²) in [6, 6.07) is -1.47. The maximum atomic E-state index is 12.7. The molecular weight excluding hydrogens is 826 g/mol. The summed E-state index contributed by atoms with van der Waals surface area (Å²) in [5, 5.41) is 8.94. The highest BCUT2D eigenvalue weighted by Gasteiger charge is 2.27. The quantitative estimate of drug-likeness (QED) is 0.0305. The van der Waals surface area contributed by atoms with Crippen LogP contribution in [0.5, 0.6) is 0 Å². The van der Waals surface area contributed by atoms with Crippen LogP contribution in [0, 0.1) is 0 Å². The smallest absolute Gasteiger partial charge is 0.472 e. The first kappa shape index (κ1) is 63.0. The van der Waals surface area contributed by atoms with Gasteiger partial charge in [-0.1, -0.05) is 271 Å². The lowest BCUT2D eigenvalue weighted by atomic mass is 10.0. The minimum atomic E-state index is -4.62. The van der Waals surface area contributed by atoms with E-state index in [1.54, 1.807) is 0 Å². The summed E-state index contributed by atoms with van der Waals surface area (Å²) < 4.78 is 33.6. The molecule has 0 fully saturated rings. The summed E-state index contributed by atoms with van der Waals surface area (Å²) in [5.41, 5.74) is 5.38. The number of carboxylic acid groups (broad SMARTS) is 1. The molecule has 3 atom stereocenters. The van der Waals surface area contributed by atoms with E-state index >= 15 is 0 Å². The molecule has 0 bridgehead atoms. The Morgan fingerprint density at radius 1 is 0.438 bits per heavy atom. The van der Waals surface area contributed by atoms with Crippen LogP contribution in [-0.2, 0) is 32.7 Å². The highest BCUT2D eigenvalue weighted by atomic mass is 31.2. The molecule has 0 aromatic carbocycles. The van der Waals surface area contributed by atoms with Gasteiger partial charge in [-0.2, -0.15) is 0 Å². The molecule has 0 heterocycles. The van der Waals surface area contributed by atoms with Crippen LogP contribution in [0.3, 0.4) is 0 Å². The van der Waals surface area contributed by atoms with Gasteiger partial charge in [-0.3, -0.25) is 18.6 Å². The molecule has 0 aliphatic rings. The molecule has 3 unspecified atom stereocenters. The normalized spacial score (nSPS) is 13.6. The Hall–Kier alpha value is -1.03. The average Bonchev–Trinajstić information content (AvgIpc) is 3.28. The predicted octanol–water partition coefficient (Wildman–Crippen LogP) is 16.3. The summed E-state index contributed by atoms with van der Waals surface area (Å²) >= 11 is 0. The molecule has 10 nitrogen and oxygen atoms in total. The number of esters is 1. The van der Waals surface area contributed by atoms with E-state index in [4.69, 9.17) is 29.4 Å². The van der Waals surface area contributed by atoms with Gasteiger partial charge in [0.1, 0.15) is 12.1 Å². The van der Waals surface area contributed by atoms with Crippen LogP contribution in [0.4, 0.5) is 0 Å². The zero-order valence-corrected chi connectivity index (χ0v) is 43.1. The third-order valence-electron chi connectivity index (χ3n) is 12.6. The van der Waals surface area contributed by atoms with E-state index in [1.807, 2.05) is 0 Å². The van der Waals surface area contributed by atoms with Crippen LogP contribution in [0.2, 0.25) is 0 Å². The van der Waals surface area contributed by atoms with Crippen molar-refractivity contribution in [3.8, 4) is 0 Å². The Morgan fingerprint density at radius 2 is 0.719 bits per heavy atom. The first-order valence-corrected chi connectivity index (χ1v) is 29.1. The fourth-order valence-electron chi connectivity index (χ4n) is 8.37. The van der Waals surface area contributed by atoms with Gasteiger partial charge in [-0.15, -0.1) is 0 Å². The molecule has 0 amide bonds. The highest BCUT2D eigenvalue weighted by Crippen LogP contribution is 2.43. The van der Waals surface area contributed by atoms with Crippen LogP contribution in [-0.4, -0.2) is 60.5 Å². The average molecular weight is 932 g/mol. The molecule has 0 rings (SSSR count). The van der Waals surface area contributed by atoms with Gasteiger partial charge in [0.15, 0.2) is 0 Å². The molecule has 382 valence electrons. The molecule has 11 heteroatoms. The fourth-order valence-corrected chi connectivity index (χ4v) is 9.15. The highest BCUT2D eigenvalue weighted by molar-refractivity contribution is 7.47. The number of nitrogens with two attached hydrogens (primary N) is 1. The van der Waals surface area contributed by atoms with E-state index in [0.29, 0.717) is 6.61 Å². The third-order valence-corrected chi connectivity index (χ3v) is 13.6. The van der Waals surface area contributed by atoms with Crippen molar-refractivity contribution in [1.29, 1.82) is 0 Å². The van der Waals surface area contributed by atoms with Crippen LogP contribution in [0.25, 0.3) is 0 Å². The van der Waals surface area contributed by atoms with Crippen LogP contribution >= 0.6 is 7.82 Å². The van der Waals surface area contributed by atoms with E-state index in [1.165, 1.54) is 231 Å². The second-order valence-corrected chi connectivity index (χ2v) is 20.5. The third kappa shape index (κ3) is 48.9. The number of rotatable bonds is 54. The van der Waals surface area contributed by atoms with Crippen molar-refractivity contribution in [1.82, 2.24) is 0 Å². The van der Waals surface area contributed by atoms with Gasteiger partial charge in [-0.25, -0.2) is 4.57 Å². The molecule has 0 saturated carbocycles. The largest absolute Gasteiger partial charge is 0.480 e. The Balaban J connectivity index is 4.04. The summed E-state index contributed by atoms with van der Waals surface area (Å²) in [6.07, 6.45) is 54.5. The van der Waals surface area contributed by atoms with Crippen molar-refractivity contribution in [2.75, 3.05) is 26.4 Å². The van der Waals surface area contributed by atoms with Gasteiger partial charge in [0.25, 0.3) is 0 Å². The van der Waals surface area contributed by atoms with Crippen molar-refractivity contribution >= 4 is 19.8 Å². The number of aliphatic carboxylic acids is 1. The van der Waals surface area contributed by atoms with Crippen molar-refractivity contribution in [3.63, 3.8) is 0 Å². The number of hydrogen-bond donors (Lipinski definition) is 3. The SMILES string of the molecule is CCCCCCCCCCCCCCCCCCCCCCCOCC(COP(=O)(O)OCC(N)C(=O)O)OC(=O)CCCCCCCCCCCCCCCCCCCCCCC. The molecule has 0 radical (unpaired) electrons. The van der Waals surface area contributed by atoms with Gasteiger partial charge in [0.05, 0.1) is 19.8 Å². The number of carbonyl (C=O) groups is 2. The first-order valence-electron chi connectivity index (χ1n) is 27.6. The maximum absolute atomic E-state index is 12.7. The van der Waals surface area contributed by atoms with Gasteiger partial charge < -0.3 is 25.2 Å². The standard InChI is InChI=1S/C53H106NO9P/c1-3-5-7-9-11-13-15-17-19-21-23-25-27-29-31-33-35-37-39-41-43-45-52(55)63-50(48-61-64(58,59)62-49-51(54)53(56)57)47-60-46-44-42-40-38-36-34-32-30-28-26-24-22-20-18-16-14-12-10-8-6-4-2/h50-51H,3-49,54H2,1-2H3,(H,56,57)(H,58,59). The molecule has 0 aliphatic heterocycles. The van der Waals surface area contributed by atoms with Gasteiger partial charge in [-0.05, 0) is 12.8 Å². The van der Waals surface area contributed by atoms with E-state index in [9.17, 15) is 19.0 Å². The Bertz CT molecular complexity index is 1030. The molecule has 0 aliphatic carbocycles. The Morgan fingerprint density at radius 3 is 1.03 bits per heavy atom. The molecule has 64 heavy (non-hydrogen) atoms.